The van der Waals surface area contributed by atoms with Gasteiger partial charge in [-0.2, -0.15) is 0 Å². The van der Waals surface area contributed by atoms with Crippen LogP contribution in [0.4, 0.5) is 0 Å². The lowest BCUT2D eigenvalue weighted by Crippen LogP contribution is -2.35. The molecule has 1 atom stereocenters. The van der Waals surface area contributed by atoms with Crippen molar-refractivity contribution in [3.05, 3.63) is 16.1 Å². The summed E-state index contributed by atoms with van der Waals surface area (Å²) in [5.41, 5.74) is 5.99. The molecule has 118 valence electrons. The predicted octanol–water partition coefficient (Wildman–Crippen LogP) is 1.84. The van der Waals surface area contributed by atoms with E-state index in [0.29, 0.717) is 12.2 Å². The smallest absolute Gasteiger partial charge is 0.270 e. The lowest BCUT2D eigenvalue weighted by Gasteiger charge is -2.30. The Labute approximate surface area is 130 Å². The van der Waals surface area contributed by atoms with Crippen molar-refractivity contribution < 1.29 is 4.79 Å². The van der Waals surface area contributed by atoms with Crippen LogP contribution in [-0.2, 0) is 6.54 Å². The van der Waals surface area contributed by atoms with E-state index in [-0.39, 0.29) is 5.91 Å². The van der Waals surface area contributed by atoms with E-state index in [1.807, 2.05) is 0 Å². The molecule has 0 aromatic carbocycles. The Balaban J connectivity index is 1.58. The summed E-state index contributed by atoms with van der Waals surface area (Å²) in [7, 11) is 0. The van der Waals surface area contributed by atoms with E-state index < -0.39 is 0 Å². The monoisotopic (exact) mass is 310 g/mol. The van der Waals surface area contributed by atoms with Gasteiger partial charge in [0, 0.05) is 25.0 Å². The van der Waals surface area contributed by atoms with Gasteiger partial charge in [-0.3, -0.25) is 4.79 Å². The standard InChI is InChI=1S/C15H26N4OS/c1-12-5-4-8-19(10-12)7-3-2-6-17-15(20)13-11-21-14(9-16)18-13/h11-12H,2-10,16H2,1H3,(H,17,20). The van der Waals surface area contributed by atoms with E-state index in [2.05, 4.69) is 22.1 Å². The number of rotatable bonds is 7. The zero-order valence-corrected chi connectivity index (χ0v) is 13.6. The maximum absolute atomic E-state index is 11.9. The van der Waals surface area contributed by atoms with Crippen LogP contribution in [-0.4, -0.2) is 42.0 Å². The SMILES string of the molecule is CC1CCCN(CCCCNC(=O)c2csc(CN)n2)C1. The Morgan fingerprint density at radius 3 is 3.14 bits per heavy atom. The summed E-state index contributed by atoms with van der Waals surface area (Å²) < 4.78 is 0. The van der Waals surface area contributed by atoms with E-state index in [1.54, 1.807) is 5.38 Å². The number of likely N-dealkylation sites (tertiary alicyclic amines) is 1. The minimum absolute atomic E-state index is 0.0856. The van der Waals surface area contributed by atoms with Gasteiger partial charge >= 0.3 is 0 Å². The average Bonchev–Trinajstić information content (AvgIpc) is 2.96. The van der Waals surface area contributed by atoms with Gasteiger partial charge in [-0.05, 0) is 44.7 Å². The number of amides is 1. The molecule has 1 aromatic rings. The van der Waals surface area contributed by atoms with E-state index in [4.69, 9.17) is 5.73 Å². The number of piperidine rings is 1. The number of aromatic nitrogens is 1. The molecule has 1 amide bonds. The van der Waals surface area contributed by atoms with E-state index in [0.717, 1.165) is 36.9 Å². The van der Waals surface area contributed by atoms with E-state index in [9.17, 15) is 4.79 Å². The topological polar surface area (TPSA) is 71.2 Å². The first kappa shape index (κ1) is 16.4. The zero-order valence-electron chi connectivity index (χ0n) is 12.8. The third kappa shape index (κ3) is 5.37. The van der Waals surface area contributed by atoms with Gasteiger partial charge in [0.25, 0.3) is 5.91 Å². The molecule has 2 rings (SSSR count). The Morgan fingerprint density at radius 1 is 1.57 bits per heavy atom. The molecule has 0 spiro atoms. The molecule has 6 heteroatoms. The van der Waals surface area contributed by atoms with Crippen molar-refractivity contribution in [2.45, 2.75) is 39.2 Å². The second-order valence-corrected chi connectivity index (χ2v) is 6.78. The van der Waals surface area contributed by atoms with Crippen LogP contribution in [0, 0.1) is 5.92 Å². The van der Waals surface area contributed by atoms with Gasteiger partial charge in [-0.15, -0.1) is 11.3 Å². The molecular formula is C15H26N4OS. The molecule has 1 aliphatic rings. The summed E-state index contributed by atoms with van der Waals surface area (Å²) in [6.45, 7) is 7.05. The molecule has 0 radical (unpaired) electrons. The van der Waals surface area contributed by atoms with Crippen molar-refractivity contribution >= 4 is 17.2 Å². The van der Waals surface area contributed by atoms with Crippen molar-refractivity contribution in [1.29, 1.82) is 0 Å². The highest BCUT2D eigenvalue weighted by molar-refractivity contribution is 7.09. The van der Waals surface area contributed by atoms with Crippen molar-refractivity contribution in [2.24, 2.45) is 11.7 Å². The summed E-state index contributed by atoms with van der Waals surface area (Å²) in [5, 5.41) is 5.50. The summed E-state index contributed by atoms with van der Waals surface area (Å²) in [6, 6.07) is 0. The number of nitrogens with one attached hydrogen (secondary N) is 1. The second-order valence-electron chi connectivity index (χ2n) is 5.84. The number of thiazole rings is 1. The van der Waals surface area contributed by atoms with Gasteiger partial charge in [-0.25, -0.2) is 4.98 Å². The summed E-state index contributed by atoms with van der Waals surface area (Å²) in [6.07, 6.45) is 4.85. The van der Waals surface area contributed by atoms with E-state index in [1.165, 1.54) is 37.3 Å². The third-order valence-corrected chi connectivity index (χ3v) is 4.76. The summed E-state index contributed by atoms with van der Waals surface area (Å²) in [4.78, 5) is 18.6. The number of unbranched alkanes of at least 4 members (excludes halogenated alkanes) is 1. The van der Waals surface area contributed by atoms with Gasteiger partial charge in [0.1, 0.15) is 10.7 Å². The van der Waals surface area contributed by atoms with Crippen molar-refractivity contribution in [3.8, 4) is 0 Å². The normalized spacial score (nSPS) is 19.6. The summed E-state index contributed by atoms with van der Waals surface area (Å²) >= 11 is 1.44. The Morgan fingerprint density at radius 2 is 2.43 bits per heavy atom. The van der Waals surface area contributed by atoms with Gasteiger partial charge < -0.3 is 16.0 Å². The first-order chi connectivity index (χ1) is 10.2. The molecule has 1 aromatic heterocycles. The minimum atomic E-state index is -0.0856. The lowest BCUT2D eigenvalue weighted by molar-refractivity contribution is 0.0947. The van der Waals surface area contributed by atoms with Crippen molar-refractivity contribution in [2.75, 3.05) is 26.2 Å². The van der Waals surface area contributed by atoms with Crippen LogP contribution in [0.2, 0.25) is 0 Å². The fraction of sp³-hybridized carbons (Fsp3) is 0.733. The van der Waals surface area contributed by atoms with Crippen LogP contribution >= 0.6 is 11.3 Å². The average molecular weight is 310 g/mol. The van der Waals surface area contributed by atoms with Crippen LogP contribution < -0.4 is 11.1 Å². The maximum Gasteiger partial charge on any atom is 0.270 e. The highest BCUT2D eigenvalue weighted by atomic mass is 32.1. The number of nitrogens with zero attached hydrogens (tertiary/aromatic N) is 2. The first-order valence-electron chi connectivity index (χ1n) is 7.84. The van der Waals surface area contributed by atoms with Crippen LogP contribution in [0.1, 0.15) is 48.1 Å². The maximum atomic E-state index is 11.9. The molecule has 1 saturated heterocycles. The van der Waals surface area contributed by atoms with Crippen LogP contribution in [0.25, 0.3) is 0 Å². The van der Waals surface area contributed by atoms with Gasteiger partial charge in [0.15, 0.2) is 0 Å². The fourth-order valence-corrected chi connectivity index (χ4v) is 3.41. The minimum Gasteiger partial charge on any atom is -0.351 e. The molecule has 0 aliphatic carbocycles. The highest BCUT2D eigenvalue weighted by Crippen LogP contribution is 2.15. The predicted molar refractivity (Wildman–Crippen MR) is 86.4 cm³/mol. The molecular weight excluding hydrogens is 284 g/mol. The molecule has 2 heterocycles. The third-order valence-electron chi connectivity index (χ3n) is 3.89. The quantitative estimate of drug-likeness (QED) is 0.754. The highest BCUT2D eigenvalue weighted by Gasteiger charge is 2.15. The number of hydrogen-bond donors (Lipinski definition) is 2. The van der Waals surface area contributed by atoms with Crippen LogP contribution in [0.5, 0.6) is 0 Å². The molecule has 21 heavy (non-hydrogen) atoms. The molecule has 0 bridgehead atoms. The molecule has 1 aliphatic heterocycles. The Hall–Kier alpha value is -0.980. The molecule has 1 unspecified atom stereocenters. The van der Waals surface area contributed by atoms with Crippen LogP contribution in [0.3, 0.4) is 0 Å². The van der Waals surface area contributed by atoms with Gasteiger partial charge in [0.05, 0.1) is 0 Å². The van der Waals surface area contributed by atoms with Gasteiger partial charge in [-0.1, -0.05) is 6.92 Å². The largest absolute Gasteiger partial charge is 0.351 e. The molecule has 5 nitrogen and oxygen atoms in total. The number of hydrogen-bond acceptors (Lipinski definition) is 5. The van der Waals surface area contributed by atoms with Crippen molar-refractivity contribution in [1.82, 2.24) is 15.2 Å². The van der Waals surface area contributed by atoms with Crippen LogP contribution in [0.15, 0.2) is 5.38 Å². The molecule has 3 N–H and O–H groups in total. The number of carbonyl (C=O) groups excluding carboxylic acids is 1. The first-order valence-corrected chi connectivity index (χ1v) is 8.72. The van der Waals surface area contributed by atoms with Crippen molar-refractivity contribution in [3.63, 3.8) is 0 Å². The molecule has 1 fully saturated rings. The second kappa shape index (κ2) is 8.46. The molecule has 0 saturated carbocycles. The van der Waals surface area contributed by atoms with E-state index >= 15 is 0 Å². The fourth-order valence-electron chi connectivity index (χ4n) is 2.75. The van der Waals surface area contributed by atoms with Gasteiger partial charge in [0.2, 0.25) is 0 Å². The number of nitrogens with two attached hydrogens (primary N) is 1. The zero-order chi connectivity index (χ0) is 15.1. The summed E-state index contributed by atoms with van der Waals surface area (Å²) in [5.74, 6) is 0.748. The number of carbonyl (C=O) groups is 1. The lowest BCUT2D eigenvalue weighted by atomic mass is 10.0. The Kier molecular flexibility index (Phi) is 6.60. The Bertz CT molecular complexity index is 449.